The minimum Gasteiger partial charge on any atom is -0.366 e. The molecule has 5 nitrogen and oxygen atoms in total. The van der Waals surface area contributed by atoms with E-state index < -0.39 is 0 Å². The number of carbonyl (C=O) groups is 1. The number of rotatable bonds is 5. The first kappa shape index (κ1) is 13.5. The first-order valence-electron chi connectivity index (χ1n) is 6.04. The number of nitrogens with one attached hydrogen (secondary N) is 2. The second-order valence-corrected chi connectivity index (χ2v) is 5.24. The summed E-state index contributed by atoms with van der Waals surface area (Å²) in [6.45, 7) is 2.09. The Morgan fingerprint density at radius 2 is 2.21 bits per heavy atom. The van der Waals surface area contributed by atoms with Crippen molar-refractivity contribution in [2.45, 2.75) is 19.4 Å². The fourth-order valence-electron chi connectivity index (χ4n) is 1.69. The van der Waals surface area contributed by atoms with E-state index in [-0.39, 0.29) is 11.9 Å². The number of anilines is 1. The van der Waals surface area contributed by atoms with Gasteiger partial charge in [-0.1, -0.05) is 6.07 Å². The Balaban J connectivity index is 1.93. The van der Waals surface area contributed by atoms with Gasteiger partial charge >= 0.3 is 0 Å². The van der Waals surface area contributed by atoms with E-state index in [0.29, 0.717) is 11.5 Å². The standard InChI is InChI=1S/C13H16N4OS/c1-9(8-10-4-3-7-19-10)15-12-6-5-11(16-17-12)13(18)14-2/h3-7,9H,8H2,1-2H3,(H,14,18)(H,15,17). The summed E-state index contributed by atoms with van der Waals surface area (Å²) in [5.74, 6) is 0.447. The maximum Gasteiger partial charge on any atom is 0.271 e. The number of amides is 1. The Hall–Kier alpha value is -1.95. The van der Waals surface area contributed by atoms with Gasteiger partial charge in [0.05, 0.1) is 0 Å². The molecule has 2 aromatic rings. The molecule has 0 radical (unpaired) electrons. The van der Waals surface area contributed by atoms with Crippen LogP contribution >= 0.6 is 11.3 Å². The zero-order valence-corrected chi connectivity index (χ0v) is 11.7. The van der Waals surface area contributed by atoms with Crippen molar-refractivity contribution in [3.8, 4) is 0 Å². The Kier molecular flexibility index (Phi) is 4.46. The van der Waals surface area contributed by atoms with Gasteiger partial charge in [0.2, 0.25) is 0 Å². The number of hydrogen-bond donors (Lipinski definition) is 2. The summed E-state index contributed by atoms with van der Waals surface area (Å²) in [6, 6.07) is 7.85. The van der Waals surface area contributed by atoms with Gasteiger partial charge in [0.1, 0.15) is 5.82 Å². The summed E-state index contributed by atoms with van der Waals surface area (Å²) in [6.07, 6.45) is 0.941. The molecule has 19 heavy (non-hydrogen) atoms. The van der Waals surface area contributed by atoms with E-state index in [2.05, 4.69) is 39.2 Å². The summed E-state index contributed by atoms with van der Waals surface area (Å²) in [5, 5.41) is 15.7. The normalized spacial score (nSPS) is 11.9. The molecule has 0 aliphatic heterocycles. The molecule has 0 saturated heterocycles. The lowest BCUT2D eigenvalue weighted by Gasteiger charge is -2.13. The van der Waals surface area contributed by atoms with Gasteiger partial charge in [-0.25, -0.2) is 0 Å². The molecule has 1 atom stereocenters. The first-order chi connectivity index (χ1) is 9.19. The van der Waals surface area contributed by atoms with Crippen molar-refractivity contribution in [3.05, 3.63) is 40.2 Å². The number of thiophene rings is 1. The van der Waals surface area contributed by atoms with Crippen LogP contribution in [0.15, 0.2) is 29.6 Å². The lowest BCUT2D eigenvalue weighted by molar-refractivity contribution is 0.0957. The fourth-order valence-corrected chi connectivity index (χ4v) is 2.53. The van der Waals surface area contributed by atoms with E-state index in [0.717, 1.165) is 6.42 Å². The highest BCUT2D eigenvalue weighted by Gasteiger charge is 2.08. The smallest absolute Gasteiger partial charge is 0.271 e. The highest BCUT2D eigenvalue weighted by molar-refractivity contribution is 7.09. The second-order valence-electron chi connectivity index (χ2n) is 4.21. The van der Waals surface area contributed by atoms with E-state index in [1.165, 1.54) is 4.88 Å². The topological polar surface area (TPSA) is 66.9 Å². The van der Waals surface area contributed by atoms with Crippen LogP contribution < -0.4 is 10.6 Å². The van der Waals surface area contributed by atoms with E-state index in [1.807, 2.05) is 6.07 Å². The quantitative estimate of drug-likeness (QED) is 0.876. The molecule has 0 aromatic carbocycles. The third-order valence-electron chi connectivity index (χ3n) is 2.61. The number of hydrogen-bond acceptors (Lipinski definition) is 5. The van der Waals surface area contributed by atoms with Crippen molar-refractivity contribution in [3.63, 3.8) is 0 Å². The summed E-state index contributed by atoms with van der Waals surface area (Å²) in [7, 11) is 1.57. The molecule has 0 aliphatic carbocycles. The van der Waals surface area contributed by atoms with Gasteiger partial charge in [0.15, 0.2) is 5.69 Å². The van der Waals surface area contributed by atoms with Crippen LogP contribution in [0.4, 0.5) is 5.82 Å². The molecule has 2 heterocycles. The molecule has 1 unspecified atom stereocenters. The average Bonchev–Trinajstić information content (AvgIpc) is 2.91. The minimum atomic E-state index is -0.231. The van der Waals surface area contributed by atoms with Crippen molar-refractivity contribution in [1.29, 1.82) is 0 Å². The van der Waals surface area contributed by atoms with Crippen molar-refractivity contribution >= 4 is 23.1 Å². The van der Waals surface area contributed by atoms with E-state index >= 15 is 0 Å². The molecule has 0 fully saturated rings. The molecule has 0 spiro atoms. The van der Waals surface area contributed by atoms with Crippen LogP contribution in [0.5, 0.6) is 0 Å². The van der Waals surface area contributed by atoms with Gasteiger partial charge in [0.25, 0.3) is 5.91 Å². The number of carbonyl (C=O) groups excluding carboxylic acids is 1. The third kappa shape index (κ3) is 3.75. The summed E-state index contributed by atoms with van der Waals surface area (Å²) < 4.78 is 0. The summed E-state index contributed by atoms with van der Waals surface area (Å²) >= 11 is 1.74. The molecule has 100 valence electrons. The van der Waals surface area contributed by atoms with Crippen molar-refractivity contribution in [2.24, 2.45) is 0 Å². The molecule has 1 amide bonds. The second kappa shape index (κ2) is 6.29. The summed E-state index contributed by atoms with van der Waals surface area (Å²) in [4.78, 5) is 12.7. The van der Waals surface area contributed by atoms with Gasteiger partial charge in [-0.15, -0.1) is 21.5 Å². The van der Waals surface area contributed by atoms with Crippen LogP contribution in [-0.2, 0) is 6.42 Å². The van der Waals surface area contributed by atoms with Crippen LogP contribution in [0.25, 0.3) is 0 Å². The van der Waals surface area contributed by atoms with Crippen LogP contribution in [-0.4, -0.2) is 29.2 Å². The zero-order chi connectivity index (χ0) is 13.7. The number of aromatic nitrogens is 2. The molecule has 0 bridgehead atoms. The highest BCUT2D eigenvalue weighted by atomic mass is 32.1. The predicted octanol–water partition coefficient (Wildman–Crippen LogP) is 1.94. The van der Waals surface area contributed by atoms with Crippen LogP contribution in [0.1, 0.15) is 22.3 Å². The Labute approximate surface area is 116 Å². The minimum absolute atomic E-state index is 0.231. The van der Waals surface area contributed by atoms with Gasteiger partial charge < -0.3 is 10.6 Å². The summed E-state index contributed by atoms with van der Waals surface area (Å²) in [5.41, 5.74) is 0.318. The molecule has 2 N–H and O–H groups in total. The van der Waals surface area contributed by atoms with Crippen molar-refractivity contribution in [1.82, 2.24) is 15.5 Å². The monoisotopic (exact) mass is 276 g/mol. The fraction of sp³-hybridized carbons (Fsp3) is 0.308. The maximum atomic E-state index is 11.3. The van der Waals surface area contributed by atoms with E-state index in [4.69, 9.17) is 0 Å². The molecule has 6 heteroatoms. The zero-order valence-electron chi connectivity index (χ0n) is 10.9. The van der Waals surface area contributed by atoms with Crippen LogP contribution in [0.2, 0.25) is 0 Å². The Morgan fingerprint density at radius 1 is 1.37 bits per heavy atom. The highest BCUT2D eigenvalue weighted by Crippen LogP contribution is 2.13. The third-order valence-corrected chi connectivity index (χ3v) is 3.50. The van der Waals surface area contributed by atoms with Crippen LogP contribution in [0, 0.1) is 0 Å². The predicted molar refractivity (Wildman–Crippen MR) is 76.5 cm³/mol. The van der Waals surface area contributed by atoms with Crippen LogP contribution in [0.3, 0.4) is 0 Å². The molecule has 2 rings (SSSR count). The van der Waals surface area contributed by atoms with Gasteiger partial charge in [-0.05, 0) is 30.5 Å². The maximum absolute atomic E-state index is 11.3. The van der Waals surface area contributed by atoms with Gasteiger partial charge in [-0.3, -0.25) is 4.79 Å². The molecular formula is C13H16N4OS. The first-order valence-corrected chi connectivity index (χ1v) is 6.91. The largest absolute Gasteiger partial charge is 0.366 e. The van der Waals surface area contributed by atoms with Crippen molar-refractivity contribution < 1.29 is 4.79 Å². The van der Waals surface area contributed by atoms with Crippen molar-refractivity contribution in [2.75, 3.05) is 12.4 Å². The average molecular weight is 276 g/mol. The molecule has 0 aliphatic rings. The van der Waals surface area contributed by atoms with E-state index in [9.17, 15) is 4.79 Å². The lowest BCUT2D eigenvalue weighted by Crippen LogP contribution is -2.21. The number of nitrogens with zero attached hydrogens (tertiary/aromatic N) is 2. The van der Waals surface area contributed by atoms with Gasteiger partial charge in [-0.2, -0.15) is 0 Å². The molecule has 0 saturated carbocycles. The van der Waals surface area contributed by atoms with E-state index in [1.54, 1.807) is 30.5 Å². The van der Waals surface area contributed by atoms with Gasteiger partial charge in [0, 0.05) is 24.4 Å². The Bertz CT molecular complexity index is 524. The Morgan fingerprint density at radius 3 is 2.79 bits per heavy atom. The molecular weight excluding hydrogens is 260 g/mol. The lowest BCUT2D eigenvalue weighted by atomic mass is 10.2. The molecule has 2 aromatic heterocycles. The SMILES string of the molecule is CNC(=O)c1ccc(NC(C)Cc2cccs2)nn1.